The summed E-state index contributed by atoms with van der Waals surface area (Å²) in [5, 5.41) is 6.83. The fourth-order valence-electron chi connectivity index (χ4n) is 7.12. The molecule has 3 heterocycles. The fraction of sp³-hybridized carbons (Fsp3) is 0. The lowest BCUT2D eigenvalue weighted by atomic mass is 9.98. The van der Waals surface area contributed by atoms with Crippen molar-refractivity contribution in [2.45, 2.75) is 0 Å². The molecule has 5 nitrogen and oxygen atoms in total. The molecule has 0 atom stereocenters. The van der Waals surface area contributed by atoms with Crippen LogP contribution in [0.5, 0.6) is 0 Å². The Morgan fingerprint density at radius 1 is 0.438 bits per heavy atom. The van der Waals surface area contributed by atoms with E-state index in [0.29, 0.717) is 17.6 Å². The van der Waals surface area contributed by atoms with Gasteiger partial charge in [-0.1, -0.05) is 146 Å². The van der Waals surface area contributed by atoms with E-state index in [4.69, 9.17) is 19.4 Å². The first kappa shape index (κ1) is 26.6. The molecule has 0 N–H and O–H groups in total. The molecular weight excluding hydrogens is 589 g/mol. The number of hydrogen-bond donors (Lipinski definition) is 0. The van der Waals surface area contributed by atoms with Crippen molar-refractivity contribution in [1.29, 1.82) is 0 Å². The first-order chi connectivity index (χ1) is 23.8. The Balaban J connectivity index is 1.37. The summed E-state index contributed by atoms with van der Waals surface area (Å²) in [5.41, 5.74) is 7.69. The molecule has 0 saturated carbocycles. The third-order valence-corrected chi connectivity index (χ3v) is 9.26. The topological polar surface area (TPSA) is 56.7 Å². The molecule has 0 spiro atoms. The smallest absolute Gasteiger partial charge is 0.238 e. The van der Waals surface area contributed by atoms with Gasteiger partial charge in [0.2, 0.25) is 5.95 Å². The van der Waals surface area contributed by atoms with Crippen molar-refractivity contribution in [2.24, 2.45) is 0 Å². The third-order valence-electron chi connectivity index (χ3n) is 9.26. The van der Waals surface area contributed by atoms with Gasteiger partial charge in [0.05, 0.1) is 11.0 Å². The van der Waals surface area contributed by atoms with Gasteiger partial charge in [0.15, 0.2) is 11.6 Å². The first-order valence-corrected chi connectivity index (χ1v) is 16.0. The summed E-state index contributed by atoms with van der Waals surface area (Å²) in [7, 11) is 0. The Hall–Kier alpha value is -6.59. The van der Waals surface area contributed by atoms with Crippen LogP contribution >= 0.6 is 0 Å². The lowest BCUT2D eigenvalue weighted by Gasteiger charge is -2.13. The molecule has 10 aromatic rings. The van der Waals surface area contributed by atoms with Gasteiger partial charge < -0.3 is 4.42 Å². The predicted molar refractivity (Wildman–Crippen MR) is 195 cm³/mol. The standard InChI is InChI=1S/C43H26N4O/c1-3-14-28(15-4-1)41-44-42(29-16-5-2-6-17-29)46-43(45-41)47-36-26-25-27-13-7-8-18-30(27)38(36)35-23-11-20-32(39(35)47)34-22-12-21-33-31-19-9-10-24-37(31)48-40(33)34/h1-26H. The maximum Gasteiger partial charge on any atom is 0.238 e. The van der Waals surface area contributed by atoms with E-state index in [1.54, 1.807) is 0 Å². The minimum absolute atomic E-state index is 0.558. The molecule has 0 saturated heterocycles. The van der Waals surface area contributed by atoms with E-state index in [9.17, 15) is 0 Å². The Morgan fingerprint density at radius 3 is 1.79 bits per heavy atom. The highest BCUT2D eigenvalue weighted by molar-refractivity contribution is 6.24. The molecule has 224 valence electrons. The van der Waals surface area contributed by atoms with Gasteiger partial charge in [0.1, 0.15) is 11.2 Å². The molecule has 10 rings (SSSR count). The zero-order valence-corrected chi connectivity index (χ0v) is 25.7. The van der Waals surface area contributed by atoms with Crippen molar-refractivity contribution in [2.75, 3.05) is 0 Å². The Kier molecular flexibility index (Phi) is 5.81. The van der Waals surface area contributed by atoms with E-state index in [0.717, 1.165) is 66.0 Å². The van der Waals surface area contributed by atoms with Gasteiger partial charge in [-0.3, -0.25) is 4.57 Å². The van der Waals surface area contributed by atoms with E-state index >= 15 is 0 Å². The molecule has 0 aliphatic rings. The zero-order valence-electron chi connectivity index (χ0n) is 25.7. The number of benzene rings is 7. The molecule has 0 unspecified atom stereocenters. The minimum atomic E-state index is 0.558. The van der Waals surface area contributed by atoms with Gasteiger partial charge in [0, 0.05) is 43.8 Å². The molecule has 5 heteroatoms. The second-order valence-corrected chi connectivity index (χ2v) is 12.0. The summed E-state index contributed by atoms with van der Waals surface area (Å²) in [6, 6.07) is 54.3. The summed E-state index contributed by atoms with van der Waals surface area (Å²) in [6.07, 6.45) is 0. The molecule has 0 fully saturated rings. The molecular formula is C43H26N4O. The lowest BCUT2D eigenvalue weighted by Crippen LogP contribution is -2.07. The van der Waals surface area contributed by atoms with Crippen LogP contribution in [0, 0.1) is 0 Å². The Labute approximate surface area is 275 Å². The van der Waals surface area contributed by atoms with Crippen LogP contribution < -0.4 is 0 Å². The highest BCUT2D eigenvalue weighted by Crippen LogP contribution is 2.43. The summed E-state index contributed by atoms with van der Waals surface area (Å²) >= 11 is 0. The highest BCUT2D eigenvalue weighted by atomic mass is 16.3. The van der Waals surface area contributed by atoms with Gasteiger partial charge in [-0.15, -0.1) is 0 Å². The zero-order chi connectivity index (χ0) is 31.6. The first-order valence-electron chi connectivity index (χ1n) is 16.0. The van der Waals surface area contributed by atoms with Gasteiger partial charge in [0.25, 0.3) is 0 Å². The number of fused-ring (bicyclic) bond motifs is 8. The van der Waals surface area contributed by atoms with Crippen molar-refractivity contribution in [3.8, 4) is 39.9 Å². The number of furan rings is 1. The van der Waals surface area contributed by atoms with E-state index < -0.39 is 0 Å². The van der Waals surface area contributed by atoms with Gasteiger partial charge in [-0.05, 0) is 22.9 Å². The molecule has 0 bridgehead atoms. The second-order valence-electron chi connectivity index (χ2n) is 12.0. The van der Waals surface area contributed by atoms with Crippen LogP contribution in [0.2, 0.25) is 0 Å². The number of aromatic nitrogens is 4. The van der Waals surface area contributed by atoms with Crippen molar-refractivity contribution in [3.05, 3.63) is 158 Å². The average Bonchev–Trinajstić information content (AvgIpc) is 3.72. The number of hydrogen-bond acceptors (Lipinski definition) is 4. The third kappa shape index (κ3) is 4.01. The van der Waals surface area contributed by atoms with Crippen LogP contribution in [0.1, 0.15) is 0 Å². The SMILES string of the molecule is c1ccc(-c2nc(-c3ccccc3)nc(-n3c4ccc5ccccc5c4c4cccc(-c5cccc6c5oc5ccccc56)c43)n2)cc1. The quantitative estimate of drug-likeness (QED) is 0.198. The van der Waals surface area contributed by atoms with Gasteiger partial charge in [-0.25, -0.2) is 4.98 Å². The lowest BCUT2D eigenvalue weighted by molar-refractivity contribution is 0.670. The minimum Gasteiger partial charge on any atom is -0.455 e. The van der Waals surface area contributed by atoms with Crippen LogP contribution in [0.25, 0.3) is 94.4 Å². The highest BCUT2D eigenvalue weighted by Gasteiger charge is 2.23. The second kappa shape index (κ2) is 10.5. The molecule has 0 amide bonds. The molecule has 0 radical (unpaired) electrons. The van der Waals surface area contributed by atoms with E-state index in [1.807, 2.05) is 72.8 Å². The van der Waals surface area contributed by atoms with Crippen LogP contribution in [0.4, 0.5) is 0 Å². The number of nitrogens with zero attached hydrogens (tertiary/aromatic N) is 4. The normalized spacial score (nSPS) is 11.8. The molecule has 3 aromatic heterocycles. The van der Waals surface area contributed by atoms with Crippen LogP contribution in [0.3, 0.4) is 0 Å². The molecule has 0 aliphatic heterocycles. The maximum absolute atomic E-state index is 6.58. The number of para-hydroxylation sites is 3. The van der Waals surface area contributed by atoms with Crippen LogP contribution in [-0.2, 0) is 0 Å². The summed E-state index contributed by atoms with van der Waals surface area (Å²) in [4.78, 5) is 15.4. The van der Waals surface area contributed by atoms with Crippen molar-refractivity contribution >= 4 is 54.5 Å². The molecule has 0 aliphatic carbocycles. The largest absolute Gasteiger partial charge is 0.455 e. The van der Waals surface area contributed by atoms with Gasteiger partial charge in [-0.2, -0.15) is 9.97 Å². The summed E-state index contributed by atoms with van der Waals surface area (Å²) in [6.45, 7) is 0. The summed E-state index contributed by atoms with van der Waals surface area (Å²) < 4.78 is 8.80. The Bertz CT molecular complexity index is 2780. The van der Waals surface area contributed by atoms with Crippen molar-refractivity contribution in [1.82, 2.24) is 19.5 Å². The number of rotatable bonds is 4. The van der Waals surface area contributed by atoms with E-state index in [2.05, 4.69) is 89.5 Å². The van der Waals surface area contributed by atoms with Crippen molar-refractivity contribution < 1.29 is 4.42 Å². The fourth-order valence-corrected chi connectivity index (χ4v) is 7.12. The molecule has 48 heavy (non-hydrogen) atoms. The van der Waals surface area contributed by atoms with E-state index in [-0.39, 0.29) is 0 Å². The molecule has 7 aromatic carbocycles. The summed E-state index contributed by atoms with van der Waals surface area (Å²) in [5.74, 6) is 1.79. The predicted octanol–water partition coefficient (Wildman–Crippen LogP) is 11.0. The van der Waals surface area contributed by atoms with Gasteiger partial charge >= 0.3 is 0 Å². The Morgan fingerprint density at radius 2 is 1.04 bits per heavy atom. The van der Waals surface area contributed by atoms with Crippen LogP contribution in [0.15, 0.2) is 162 Å². The van der Waals surface area contributed by atoms with E-state index in [1.165, 1.54) is 10.8 Å². The van der Waals surface area contributed by atoms with Crippen molar-refractivity contribution in [3.63, 3.8) is 0 Å². The average molecular weight is 615 g/mol. The monoisotopic (exact) mass is 614 g/mol. The maximum atomic E-state index is 6.58. The van der Waals surface area contributed by atoms with Crippen LogP contribution in [-0.4, -0.2) is 19.5 Å².